The smallest absolute Gasteiger partial charge is 0.348 e. The third kappa shape index (κ3) is 6.39. The first kappa shape index (κ1) is 34.8. The minimum Gasteiger partial charge on any atom is -0.348 e. The average molecular weight is 747 g/mol. The van der Waals surface area contributed by atoms with Crippen molar-refractivity contribution in [3.63, 3.8) is 0 Å². The van der Waals surface area contributed by atoms with Crippen LogP contribution in [0.4, 0.5) is 30.7 Å². The summed E-state index contributed by atoms with van der Waals surface area (Å²) in [5.74, 6) is -3.53. The highest BCUT2D eigenvalue weighted by Crippen LogP contribution is 2.68. The maximum Gasteiger partial charge on any atom is 0.435 e. The zero-order valence-corrected chi connectivity index (χ0v) is 27.6. The molecule has 0 radical (unpaired) electrons. The Kier molecular flexibility index (Phi) is 8.20. The number of pyridine rings is 2. The molecule has 3 N–H and O–H groups in total. The number of nitrogens with one attached hydrogen (secondary N) is 3. The van der Waals surface area contributed by atoms with Gasteiger partial charge in [0.2, 0.25) is 11.5 Å². The molecule has 1 saturated carbocycles. The Hall–Kier alpha value is -6.24. The minimum atomic E-state index is -5.05. The van der Waals surface area contributed by atoms with Gasteiger partial charge in [0.15, 0.2) is 5.69 Å². The molecule has 3 atom stereocenters. The van der Waals surface area contributed by atoms with Crippen LogP contribution in [0.3, 0.4) is 0 Å². The van der Waals surface area contributed by atoms with Gasteiger partial charge in [-0.05, 0) is 77.8 Å². The molecule has 274 valence electrons. The second kappa shape index (κ2) is 12.7. The van der Waals surface area contributed by atoms with E-state index in [-0.39, 0.29) is 41.3 Å². The topological polar surface area (TPSA) is 122 Å². The van der Waals surface area contributed by atoms with Gasteiger partial charge in [-0.15, -0.1) is 0 Å². The highest BCUT2D eigenvalue weighted by molar-refractivity contribution is 5.99. The van der Waals surface area contributed by atoms with Gasteiger partial charge in [-0.2, -0.15) is 27.1 Å². The van der Waals surface area contributed by atoms with E-state index in [9.17, 15) is 36.3 Å². The predicted octanol–water partition coefficient (Wildman–Crippen LogP) is 5.88. The summed E-state index contributed by atoms with van der Waals surface area (Å²) in [5.41, 5.74) is -0.815. The van der Waals surface area contributed by atoms with E-state index in [2.05, 4.69) is 37.5 Å². The van der Waals surface area contributed by atoms with Crippen molar-refractivity contribution in [2.75, 3.05) is 0 Å². The molecule has 2 aromatic carbocycles. The van der Waals surface area contributed by atoms with Crippen LogP contribution in [-0.2, 0) is 36.4 Å². The molecule has 2 aliphatic carbocycles. The predicted molar refractivity (Wildman–Crippen MR) is 177 cm³/mol. The monoisotopic (exact) mass is 746 g/mol. The SMILES string of the molecule is O=C(Cn1nc(C(F)(F)F)c2c1C(F)(F)C1C[C@H]21)N[C@@H](Cc1cc(F)cc(F)c1)c1nc(C#Cc2ccc(=O)[nH]c2)ccc1-c1ccc2c(c1)C(=O)NC2. The van der Waals surface area contributed by atoms with Crippen molar-refractivity contribution in [2.45, 2.75) is 50.0 Å². The van der Waals surface area contributed by atoms with Crippen LogP contribution in [-0.4, -0.2) is 31.6 Å². The molecule has 0 saturated heterocycles. The fourth-order valence-electron chi connectivity index (χ4n) is 7.21. The Labute approximate surface area is 300 Å². The van der Waals surface area contributed by atoms with Crippen LogP contribution < -0.4 is 16.2 Å². The van der Waals surface area contributed by atoms with E-state index in [1.54, 1.807) is 30.3 Å². The Morgan fingerprint density at radius 3 is 2.50 bits per heavy atom. The molecule has 1 unspecified atom stereocenters. The second-order valence-electron chi connectivity index (χ2n) is 13.3. The second-order valence-corrected chi connectivity index (χ2v) is 13.3. The molecular formula is C38H25F7N6O3. The summed E-state index contributed by atoms with van der Waals surface area (Å²) in [6, 6.07) is 12.3. The van der Waals surface area contributed by atoms with Crippen LogP contribution in [0.2, 0.25) is 0 Å². The van der Waals surface area contributed by atoms with Gasteiger partial charge in [0.1, 0.15) is 29.6 Å². The molecule has 16 heteroatoms. The molecule has 5 aromatic rings. The van der Waals surface area contributed by atoms with Crippen molar-refractivity contribution in [1.82, 2.24) is 30.4 Å². The Balaban J connectivity index is 1.22. The van der Waals surface area contributed by atoms with Gasteiger partial charge in [-0.3, -0.25) is 19.1 Å². The summed E-state index contributed by atoms with van der Waals surface area (Å²) in [4.78, 5) is 45.0. The van der Waals surface area contributed by atoms with Crippen molar-refractivity contribution < 1.29 is 40.3 Å². The van der Waals surface area contributed by atoms with Gasteiger partial charge < -0.3 is 15.6 Å². The highest BCUT2D eigenvalue weighted by Gasteiger charge is 2.68. The average Bonchev–Trinajstić information content (AvgIpc) is 3.62. The van der Waals surface area contributed by atoms with Crippen molar-refractivity contribution in [3.05, 3.63) is 139 Å². The highest BCUT2D eigenvalue weighted by atomic mass is 19.4. The van der Waals surface area contributed by atoms with Gasteiger partial charge in [-0.25, -0.2) is 13.8 Å². The fraction of sp³-hybridized carbons (Fsp3) is 0.237. The standard InChI is InChI=1S/C38H25F7N6O3/c39-22-9-19(10-23(40)13-22)11-29(49-31(53)17-51-35-32(34(50-51)38(43,44)45)27-14-28(27)37(35,41)42)33-25(20-3-4-21-16-47-36(54)26(21)12-20)7-6-24(48-33)5-1-18-2-8-30(52)46-15-18/h2-4,6-10,12-13,15,27-29H,11,14,16-17H2,(H,46,52)(H,47,54)(H,49,53)/t27-,28?,29-/m0/s1. The molecule has 1 fully saturated rings. The number of halogens is 7. The summed E-state index contributed by atoms with van der Waals surface area (Å²) in [7, 11) is 0. The summed E-state index contributed by atoms with van der Waals surface area (Å²) in [6.45, 7) is -0.738. The number of benzene rings is 2. The molecule has 1 aliphatic heterocycles. The van der Waals surface area contributed by atoms with Crippen molar-refractivity contribution in [2.24, 2.45) is 5.92 Å². The quantitative estimate of drug-likeness (QED) is 0.142. The lowest BCUT2D eigenvalue weighted by Crippen LogP contribution is -2.35. The first-order valence-corrected chi connectivity index (χ1v) is 16.6. The molecule has 4 heterocycles. The van der Waals surface area contributed by atoms with E-state index in [0.717, 1.165) is 17.7 Å². The van der Waals surface area contributed by atoms with Crippen LogP contribution in [0, 0.1) is 29.4 Å². The van der Waals surface area contributed by atoms with Crippen LogP contribution in [0.25, 0.3) is 11.1 Å². The number of H-pyrrole nitrogens is 1. The van der Waals surface area contributed by atoms with E-state index in [4.69, 9.17) is 0 Å². The number of amides is 2. The van der Waals surface area contributed by atoms with Crippen LogP contribution in [0.15, 0.2) is 71.7 Å². The first-order chi connectivity index (χ1) is 25.7. The van der Waals surface area contributed by atoms with Gasteiger partial charge in [0, 0.05) is 53.0 Å². The number of carbonyl (C=O) groups excluding carboxylic acids is 2. The Morgan fingerprint density at radius 1 is 1.00 bits per heavy atom. The summed E-state index contributed by atoms with van der Waals surface area (Å²) >= 11 is 0. The molecule has 2 amide bonds. The lowest BCUT2D eigenvalue weighted by Gasteiger charge is -2.23. The number of hydrogen-bond donors (Lipinski definition) is 3. The minimum absolute atomic E-state index is 0.0505. The van der Waals surface area contributed by atoms with E-state index in [1.165, 1.54) is 18.3 Å². The fourth-order valence-corrected chi connectivity index (χ4v) is 7.21. The summed E-state index contributed by atoms with van der Waals surface area (Å²) in [6.07, 6.45) is -4.13. The van der Waals surface area contributed by atoms with Gasteiger partial charge in [0.05, 0.1) is 11.7 Å². The molecule has 0 bridgehead atoms. The zero-order valence-electron chi connectivity index (χ0n) is 27.6. The van der Waals surface area contributed by atoms with Crippen LogP contribution in [0.5, 0.6) is 0 Å². The molecule has 9 nitrogen and oxygen atoms in total. The summed E-state index contributed by atoms with van der Waals surface area (Å²) in [5, 5.41) is 8.80. The van der Waals surface area contributed by atoms with E-state index < -0.39 is 71.0 Å². The molecule has 54 heavy (non-hydrogen) atoms. The normalized spacial score (nSPS) is 18.2. The van der Waals surface area contributed by atoms with Gasteiger partial charge >= 0.3 is 6.18 Å². The van der Waals surface area contributed by atoms with E-state index >= 15 is 8.78 Å². The zero-order chi connectivity index (χ0) is 38.1. The van der Waals surface area contributed by atoms with Crippen LogP contribution >= 0.6 is 0 Å². The van der Waals surface area contributed by atoms with Gasteiger partial charge in [-0.1, -0.05) is 18.1 Å². The number of aromatic nitrogens is 4. The first-order valence-electron chi connectivity index (χ1n) is 16.6. The third-order valence-corrected chi connectivity index (χ3v) is 9.67. The lowest BCUT2D eigenvalue weighted by molar-refractivity contribution is -0.142. The van der Waals surface area contributed by atoms with Crippen molar-refractivity contribution in [1.29, 1.82) is 0 Å². The van der Waals surface area contributed by atoms with Crippen molar-refractivity contribution in [3.8, 4) is 23.0 Å². The summed E-state index contributed by atoms with van der Waals surface area (Å²) < 4.78 is 102. The number of nitrogens with zero attached hydrogens (tertiary/aromatic N) is 3. The number of carbonyl (C=O) groups is 2. The lowest BCUT2D eigenvalue weighted by atomic mass is 9.93. The molecule has 3 aromatic heterocycles. The molecular weight excluding hydrogens is 721 g/mol. The third-order valence-electron chi connectivity index (χ3n) is 9.67. The Bertz CT molecular complexity index is 2470. The van der Waals surface area contributed by atoms with Crippen LogP contribution in [0.1, 0.15) is 73.8 Å². The number of aromatic amines is 1. The van der Waals surface area contributed by atoms with Crippen molar-refractivity contribution >= 4 is 11.8 Å². The van der Waals surface area contributed by atoms with Gasteiger partial charge in [0.25, 0.3) is 11.8 Å². The molecule has 0 spiro atoms. The van der Waals surface area contributed by atoms with E-state index in [0.29, 0.717) is 39.5 Å². The number of rotatable bonds is 7. The molecule has 3 aliphatic rings. The van der Waals surface area contributed by atoms with E-state index in [1.807, 2.05) is 0 Å². The Morgan fingerprint density at radius 2 is 1.78 bits per heavy atom. The number of fused-ring (bicyclic) bond motifs is 4. The largest absolute Gasteiger partial charge is 0.435 e. The molecule has 8 rings (SSSR count). The number of hydrogen-bond acceptors (Lipinski definition) is 5. The maximum atomic E-state index is 15.3. The number of alkyl halides is 5. The maximum absolute atomic E-state index is 15.3.